The van der Waals surface area contributed by atoms with E-state index in [1.165, 1.54) is 38.5 Å². The van der Waals surface area contributed by atoms with Crippen molar-refractivity contribution in [2.45, 2.75) is 97.0 Å². The lowest BCUT2D eigenvalue weighted by Crippen LogP contribution is -2.33. The summed E-state index contributed by atoms with van der Waals surface area (Å²) in [4.78, 5) is 24.0. The Labute approximate surface area is 140 Å². The summed E-state index contributed by atoms with van der Waals surface area (Å²) < 4.78 is 5.32. The Bertz CT molecular complexity index is 392. The number of cyclic esters (lactones) is 1. The largest absolute Gasteiger partial charge is 0.511 e. The van der Waals surface area contributed by atoms with Crippen molar-refractivity contribution in [3.63, 3.8) is 0 Å². The SMILES string of the molecule is CCCCCCCCCC[C@@H]1CC(=O)C(=C(O)CCC)C(=O)O1. The highest BCUT2D eigenvalue weighted by Crippen LogP contribution is 2.24. The fourth-order valence-corrected chi connectivity index (χ4v) is 2.98. The minimum absolute atomic E-state index is 0.118. The van der Waals surface area contributed by atoms with Crippen LogP contribution in [0.2, 0.25) is 0 Å². The van der Waals surface area contributed by atoms with Crippen molar-refractivity contribution in [2.24, 2.45) is 0 Å². The summed E-state index contributed by atoms with van der Waals surface area (Å²) in [5, 5.41) is 9.79. The molecular weight excluding hydrogens is 292 g/mol. The predicted molar refractivity (Wildman–Crippen MR) is 91.3 cm³/mol. The van der Waals surface area contributed by atoms with E-state index in [0.717, 1.165) is 19.3 Å². The summed E-state index contributed by atoms with van der Waals surface area (Å²) in [6.45, 7) is 4.11. The molecular formula is C19H32O4. The second-order valence-electron chi connectivity index (χ2n) is 6.49. The van der Waals surface area contributed by atoms with Crippen LogP contribution in [-0.4, -0.2) is 23.0 Å². The Balaban J connectivity index is 2.25. The van der Waals surface area contributed by atoms with Crippen LogP contribution in [0.15, 0.2) is 11.3 Å². The molecule has 1 fully saturated rings. The Morgan fingerprint density at radius 2 is 1.61 bits per heavy atom. The van der Waals surface area contributed by atoms with Crippen molar-refractivity contribution < 1.29 is 19.4 Å². The van der Waals surface area contributed by atoms with E-state index in [1.807, 2.05) is 6.92 Å². The van der Waals surface area contributed by atoms with Gasteiger partial charge < -0.3 is 9.84 Å². The van der Waals surface area contributed by atoms with E-state index in [1.54, 1.807) is 0 Å². The predicted octanol–water partition coefficient (Wildman–Crippen LogP) is 5.01. The van der Waals surface area contributed by atoms with Crippen LogP contribution in [0.5, 0.6) is 0 Å². The maximum Gasteiger partial charge on any atom is 0.345 e. The van der Waals surface area contributed by atoms with Gasteiger partial charge in [-0.15, -0.1) is 0 Å². The maximum absolute atomic E-state index is 12.0. The molecule has 0 aromatic carbocycles. The standard InChI is InChI=1S/C19H32O4/c1-3-5-6-7-8-9-10-11-13-15-14-17(21)18(19(22)23-15)16(20)12-4-2/h15,20H,3-14H2,1-2H3/t15-/m1/s1. The normalized spacial score (nSPS) is 20.5. The van der Waals surface area contributed by atoms with Crippen LogP contribution < -0.4 is 0 Å². The molecule has 1 saturated heterocycles. The number of unbranched alkanes of at least 4 members (excludes halogenated alkanes) is 7. The van der Waals surface area contributed by atoms with Crippen LogP contribution in [0, 0.1) is 0 Å². The summed E-state index contributed by atoms with van der Waals surface area (Å²) in [5.41, 5.74) is -0.126. The van der Waals surface area contributed by atoms with Gasteiger partial charge in [0.05, 0.1) is 0 Å². The van der Waals surface area contributed by atoms with Crippen molar-refractivity contribution in [1.29, 1.82) is 0 Å². The Hall–Kier alpha value is -1.32. The second-order valence-corrected chi connectivity index (χ2v) is 6.49. The molecule has 132 valence electrons. The molecule has 0 aromatic rings. The number of carbonyl (C=O) groups excluding carboxylic acids is 2. The monoisotopic (exact) mass is 324 g/mol. The van der Waals surface area contributed by atoms with Crippen LogP contribution >= 0.6 is 0 Å². The highest BCUT2D eigenvalue weighted by atomic mass is 16.5. The summed E-state index contributed by atoms with van der Waals surface area (Å²) >= 11 is 0. The summed E-state index contributed by atoms with van der Waals surface area (Å²) in [6.07, 6.45) is 11.5. The lowest BCUT2D eigenvalue weighted by Gasteiger charge is -2.23. The van der Waals surface area contributed by atoms with Gasteiger partial charge in [0.15, 0.2) is 5.78 Å². The van der Waals surface area contributed by atoms with Crippen molar-refractivity contribution in [3.05, 3.63) is 11.3 Å². The Kier molecular flexibility index (Phi) is 9.65. The van der Waals surface area contributed by atoms with E-state index in [2.05, 4.69) is 6.92 Å². The number of carbonyl (C=O) groups is 2. The van der Waals surface area contributed by atoms with Crippen LogP contribution in [0.3, 0.4) is 0 Å². The van der Waals surface area contributed by atoms with Crippen molar-refractivity contribution in [1.82, 2.24) is 0 Å². The second kappa shape index (κ2) is 11.3. The molecule has 1 aliphatic rings. The molecule has 0 radical (unpaired) electrons. The molecule has 0 spiro atoms. The molecule has 1 N–H and O–H groups in total. The number of aliphatic hydroxyl groups is 1. The van der Waals surface area contributed by atoms with Crippen LogP contribution in [0.1, 0.15) is 90.9 Å². The number of aliphatic hydroxyl groups excluding tert-OH is 1. The molecule has 0 aromatic heterocycles. The number of rotatable bonds is 11. The highest BCUT2D eigenvalue weighted by Gasteiger charge is 2.34. The molecule has 4 nitrogen and oxygen atoms in total. The average Bonchev–Trinajstić information content (AvgIpc) is 2.49. The van der Waals surface area contributed by atoms with Crippen LogP contribution in [0.25, 0.3) is 0 Å². The summed E-state index contributed by atoms with van der Waals surface area (Å²) in [5.74, 6) is -1.03. The van der Waals surface area contributed by atoms with Crippen LogP contribution in [-0.2, 0) is 14.3 Å². The van der Waals surface area contributed by atoms with Crippen LogP contribution in [0.4, 0.5) is 0 Å². The summed E-state index contributed by atoms with van der Waals surface area (Å²) in [7, 11) is 0. The molecule has 0 saturated carbocycles. The topological polar surface area (TPSA) is 63.6 Å². The minimum atomic E-state index is -0.642. The molecule has 1 aliphatic heterocycles. The molecule has 1 atom stereocenters. The van der Waals surface area contributed by atoms with Gasteiger partial charge >= 0.3 is 5.97 Å². The molecule has 1 rings (SSSR count). The molecule has 0 bridgehead atoms. The number of esters is 1. The van der Waals surface area contributed by atoms with Gasteiger partial charge in [0, 0.05) is 12.8 Å². The van der Waals surface area contributed by atoms with Crippen molar-refractivity contribution in [3.8, 4) is 0 Å². The van der Waals surface area contributed by atoms with Gasteiger partial charge in [0.1, 0.15) is 17.4 Å². The number of ketones is 1. The first-order valence-electron chi connectivity index (χ1n) is 9.26. The van der Waals surface area contributed by atoms with E-state index in [0.29, 0.717) is 12.8 Å². The molecule has 4 heteroatoms. The number of ether oxygens (including phenoxy) is 1. The molecule has 0 unspecified atom stereocenters. The van der Waals surface area contributed by atoms with Crippen molar-refractivity contribution in [2.75, 3.05) is 0 Å². The van der Waals surface area contributed by atoms with E-state index in [-0.39, 0.29) is 29.6 Å². The van der Waals surface area contributed by atoms with E-state index in [9.17, 15) is 14.7 Å². The van der Waals surface area contributed by atoms with E-state index in [4.69, 9.17) is 4.74 Å². The number of Topliss-reactive ketones (excluding diaryl/α,β-unsaturated/α-hetero) is 1. The number of hydrogen-bond acceptors (Lipinski definition) is 4. The summed E-state index contributed by atoms with van der Waals surface area (Å²) in [6, 6.07) is 0. The van der Waals surface area contributed by atoms with Gasteiger partial charge in [-0.1, -0.05) is 58.8 Å². The van der Waals surface area contributed by atoms with E-state index < -0.39 is 5.97 Å². The minimum Gasteiger partial charge on any atom is -0.511 e. The van der Waals surface area contributed by atoms with Gasteiger partial charge in [-0.2, -0.15) is 0 Å². The third-order valence-electron chi connectivity index (χ3n) is 4.32. The molecule has 23 heavy (non-hydrogen) atoms. The zero-order valence-corrected chi connectivity index (χ0v) is 14.7. The first-order chi connectivity index (χ1) is 11.1. The van der Waals surface area contributed by atoms with Crippen molar-refractivity contribution >= 4 is 11.8 Å². The third kappa shape index (κ3) is 7.19. The maximum atomic E-state index is 12.0. The zero-order chi connectivity index (χ0) is 17.1. The quantitative estimate of drug-likeness (QED) is 0.191. The first kappa shape index (κ1) is 19.7. The fourth-order valence-electron chi connectivity index (χ4n) is 2.98. The average molecular weight is 324 g/mol. The molecule has 0 amide bonds. The fraction of sp³-hybridized carbons (Fsp3) is 0.789. The number of hydrogen-bond donors (Lipinski definition) is 1. The lowest BCUT2D eigenvalue weighted by molar-refractivity contribution is -0.151. The Morgan fingerprint density at radius 1 is 1.00 bits per heavy atom. The smallest absolute Gasteiger partial charge is 0.345 e. The van der Waals surface area contributed by atoms with Gasteiger partial charge in [-0.05, 0) is 19.3 Å². The first-order valence-corrected chi connectivity index (χ1v) is 9.26. The van der Waals surface area contributed by atoms with Gasteiger partial charge in [-0.3, -0.25) is 4.79 Å². The highest BCUT2D eigenvalue weighted by molar-refractivity contribution is 6.19. The van der Waals surface area contributed by atoms with Gasteiger partial charge in [0.25, 0.3) is 0 Å². The van der Waals surface area contributed by atoms with Gasteiger partial charge in [-0.25, -0.2) is 4.79 Å². The van der Waals surface area contributed by atoms with E-state index >= 15 is 0 Å². The third-order valence-corrected chi connectivity index (χ3v) is 4.32. The lowest BCUT2D eigenvalue weighted by atomic mass is 9.96. The number of allylic oxidation sites excluding steroid dienone is 1. The van der Waals surface area contributed by atoms with Gasteiger partial charge in [0.2, 0.25) is 0 Å². The molecule has 0 aliphatic carbocycles. The zero-order valence-electron chi connectivity index (χ0n) is 14.7. The Morgan fingerprint density at radius 3 is 2.17 bits per heavy atom. The molecule has 1 heterocycles.